The van der Waals surface area contributed by atoms with Crippen LogP contribution in [0, 0.1) is 0 Å². The molecule has 0 N–H and O–H groups in total. The second kappa shape index (κ2) is 4.72. The maximum absolute atomic E-state index is 12.6. The topological polar surface area (TPSA) is 46.8 Å². The molecule has 3 heterocycles. The number of anilines is 1. The molecule has 2 aromatic heterocycles. The second-order valence-corrected chi connectivity index (χ2v) is 5.37. The van der Waals surface area contributed by atoms with Gasteiger partial charge in [-0.15, -0.1) is 0 Å². The van der Waals surface area contributed by atoms with Gasteiger partial charge in [0.25, 0.3) is 0 Å². The molecule has 9 heteroatoms. The summed E-state index contributed by atoms with van der Waals surface area (Å²) < 4.78 is 40.4. The molecule has 1 fully saturated rings. The molecule has 0 amide bonds. The fourth-order valence-corrected chi connectivity index (χ4v) is 2.30. The van der Waals surface area contributed by atoms with Crippen molar-refractivity contribution >= 4 is 21.7 Å². The zero-order chi connectivity index (χ0) is 14.3. The van der Waals surface area contributed by atoms with Crippen molar-refractivity contribution < 1.29 is 13.2 Å². The van der Waals surface area contributed by atoms with Crippen molar-refractivity contribution in [3.05, 3.63) is 35.0 Å². The van der Waals surface area contributed by atoms with Crippen molar-refractivity contribution in [3.63, 3.8) is 0 Å². The van der Waals surface area contributed by atoms with E-state index in [9.17, 15) is 13.2 Å². The number of halogens is 4. The van der Waals surface area contributed by atoms with Crippen LogP contribution in [0.25, 0.3) is 0 Å². The van der Waals surface area contributed by atoms with E-state index in [1.165, 1.54) is 0 Å². The summed E-state index contributed by atoms with van der Waals surface area (Å²) in [5, 5.41) is 4.15. The molecule has 0 spiro atoms. The standard InChI is InChI=1S/C11H9BrF3N5/c12-7-2-18-20(3-7)8-4-19(5-8)10-1-9(11(13,14)15)16-6-17-10/h1-3,6,8H,4-5H2. The van der Waals surface area contributed by atoms with Gasteiger partial charge in [0.05, 0.1) is 16.7 Å². The van der Waals surface area contributed by atoms with Crippen molar-refractivity contribution in [2.24, 2.45) is 0 Å². The average Bonchev–Trinajstić information content (AvgIpc) is 2.73. The molecule has 0 aliphatic carbocycles. The van der Waals surface area contributed by atoms with E-state index in [2.05, 4.69) is 31.0 Å². The number of rotatable bonds is 2. The van der Waals surface area contributed by atoms with E-state index >= 15 is 0 Å². The molecular formula is C11H9BrF3N5. The van der Waals surface area contributed by atoms with Crippen LogP contribution in [-0.4, -0.2) is 32.8 Å². The van der Waals surface area contributed by atoms with Crippen LogP contribution < -0.4 is 4.90 Å². The molecule has 0 aromatic carbocycles. The summed E-state index contributed by atoms with van der Waals surface area (Å²) in [5.41, 5.74) is -0.923. The molecule has 106 valence electrons. The summed E-state index contributed by atoms with van der Waals surface area (Å²) in [6.45, 7) is 1.14. The summed E-state index contributed by atoms with van der Waals surface area (Å²) in [6, 6.07) is 1.11. The van der Waals surface area contributed by atoms with E-state index < -0.39 is 11.9 Å². The van der Waals surface area contributed by atoms with Crippen LogP contribution >= 0.6 is 15.9 Å². The molecule has 0 unspecified atom stereocenters. The van der Waals surface area contributed by atoms with Gasteiger partial charge in [-0.1, -0.05) is 0 Å². The normalized spacial score (nSPS) is 16.3. The smallest absolute Gasteiger partial charge is 0.352 e. The monoisotopic (exact) mass is 347 g/mol. The Bertz CT molecular complexity index is 621. The van der Waals surface area contributed by atoms with Gasteiger partial charge < -0.3 is 4.90 Å². The third-order valence-corrected chi connectivity index (χ3v) is 3.48. The van der Waals surface area contributed by atoms with Gasteiger partial charge >= 0.3 is 6.18 Å². The van der Waals surface area contributed by atoms with Crippen molar-refractivity contribution in [2.45, 2.75) is 12.2 Å². The molecular weight excluding hydrogens is 339 g/mol. The van der Waals surface area contributed by atoms with Gasteiger partial charge in [0.15, 0.2) is 0 Å². The summed E-state index contributed by atoms with van der Waals surface area (Å²) in [4.78, 5) is 8.89. The minimum absolute atomic E-state index is 0.144. The fourth-order valence-electron chi connectivity index (χ4n) is 2.00. The van der Waals surface area contributed by atoms with Crippen molar-refractivity contribution in [1.29, 1.82) is 0 Å². The second-order valence-electron chi connectivity index (χ2n) is 4.46. The molecule has 0 atom stereocenters. The van der Waals surface area contributed by atoms with Gasteiger partial charge in [-0.2, -0.15) is 18.3 Å². The third-order valence-electron chi connectivity index (χ3n) is 3.07. The van der Waals surface area contributed by atoms with Crippen LogP contribution in [0.15, 0.2) is 29.3 Å². The Morgan fingerprint density at radius 1 is 1.25 bits per heavy atom. The zero-order valence-corrected chi connectivity index (χ0v) is 11.6. The predicted octanol–water partition coefficient (Wildman–Crippen LogP) is 2.52. The molecule has 1 saturated heterocycles. The highest BCUT2D eigenvalue weighted by Gasteiger charge is 2.35. The lowest BCUT2D eigenvalue weighted by Crippen LogP contribution is -2.48. The number of nitrogens with zero attached hydrogens (tertiary/aromatic N) is 5. The van der Waals surface area contributed by atoms with Crippen LogP contribution in [-0.2, 0) is 6.18 Å². The Balaban J connectivity index is 1.71. The van der Waals surface area contributed by atoms with Crippen LogP contribution in [0.4, 0.5) is 19.0 Å². The number of alkyl halides is 3. The largest absolute Gasteiger partial charge is 0.433 e. The Labute approximate surface area is 120 Å². The molecule has 20 heavy (non-hydrogen) atoms. The molecule has 1 aliphatic heterocycles. The average molecular weight is 348 g/mol. The van der Waals surface area contributed by atoms with Gasteiger partial charge in [0.2, 0.25) is 0 Å². The van der Waals surface area contributed by atoms with Crippen LogP contribution in [0.1, 0.15) is 11.7 Å². The lowest BCUT2D eigenvalue weighted by Gasteiger charge is -2.40. The van der Waals surface area contributed by atoms with E-state index in [1.54, 1.807) is 15.8 Å². The lowest BCUT2D eigenvalue weighted by molar-refractivity contribution is -0.141. The minimum atomic E-state index is -4.45. The summed E-state index contributed by atoms with van der Waals surface area (Å²) in [6.07, 6.45) is 0.00300. The first kappa shape index (κ1) is 13.3. The fraction of sp³-hybridized carbons (Fsp3) is 0.364. The summed E-state index contributed by atoms with van der Waals surface area (Å²) >= 11 is 3.30. The van der Waals surface area contributed by atoms with Crippen molar-refractivity contribution in [1.82, 2.24) is 19.7 Å². The summed E-state index contributed by atoms with van der Waals surface area (Å²) in [5.74, 6) is 0.287. The van der Waals surface area contributed by atoms with Gasteiger partial charge in [0.1, 0.15) is 17.8 Å². The molecule has 0 radical (unpaired) electrons. The third kappa shape index (κ3) is 2.49. The van der Waals surface area contributed by atoms with E-state index in [1.807, 2.05) is 6.20 Å². The Morgan fingerprint density at radius 2 is 2.00 bits per heavy atom. The highest BCUT2D eigenvalue weighted by molar-refractivity contribution is 9.10. The van der Waals surface area contributed by atoms with E-state index in [0.29, 0.717) is 13.1 Å². The van der Waals surface area contributed by atoms with Crippen LogP contribution in [0.5, 0.6) is 0 Å². The maximum atomic E-state index is 12.6. The Morgan fingerprint density at radius 3 is 2.60 bits per heavy atom. The molecule has 3 rings (SSSR count). The summed E-state index contributed by atoms with van der Waals surface area (Å²) in [7, 11) is 0. The Hall–Kier alpha value is -1.64. The maximum Gasteiger partial charge on any atom is 0.433 e. The quantitative estimate of drug-likeness (QED) is 0.837. The zero-order valence-electron chi connectivity index (χ0n) is 10.0. The highest BCUT2D eigenvalue weighted by atomic mass is 79.9. The van der Waals surface area contributed by atoms with Crippen molar-refractivity contribution in [3.8, 4) is 0 Å². The first-order valence-corrected chi connectivity index (χ1v) is 6.56. The predicted molar refractivity (Wildman–Crippen MR) is 68.2 cm³/mol. The minimum Gasteiger partial charge on any atom is -0.352 e. The molecule has 1 aliphatic rings. The molecule has 2 aromatic rings. The van der Waals surface area contributed by atoms with Crippen molar-refractivity contribution in [2.75, 3.05) is 18.0 Å². The molecule has 5 nitrogen and oxygen atoms in total. The van der Waals surface area contributed by atoms with E-state index in [0.717, 1.165) is 16.9 Å². The van der Waals surface area contributed by atoms with Crippen LogP contribution in [0.3, 0.4) is 0 Å². The number of hydrogen-bond acceptors (Lipinski definition) is 4. The Kier molecular flexibility index (Phi) is 3.15. The SMILES string of the molecule is FC(F)(F)c1cc(N2CC(n3cc(Br)cn3)C2)ncn1. The van der Waals surface area contributed by atoms with Gasteiger partial charge in [-0.05, 0) is 15.9 Å². The lowest BCUT2D eigenvalue weighted by atomic mass is 10.1. The first-order valence-electron chi connectivity index (χ1n) is 5.77. The number of aromatic nitrogens is 4. The highest BCUT2D eigenvalue weighted by Crippen LogP contribution is 2.31. The van der Waals surface area contributed by atoms with Crippen LogP contribution in [0.2, 0.25) is 0 Å². The van der Waals surface area contributed by atoms with E-state index in [-0.39, 0.29) is 11.9 Å². The molecule has 0 saturated carbocycles. The van der Waals surface area contributed by atoms with Gasteiger partial charge in [0, 0.05) is 25.4 Å². The molecule has 0 bridgehead atoms. The van der Waals surface area contributed by atoms with Gasteiger partial charge in [-0.25, -0.2) is 9.97 Å². The van der Waals surface area contributed by atoms with E-state index in [4.69, 9.17) is 0 Å². The first-order chi connectivity index (χ1) is 9.43. The number of hydrogen-bond donors (Lipinski definition) is 0. The van der Waals surface area contributed by atoms with Gasteiger partial charge in [-0.3, -0.25) is 4.68 Å².